The molecule has 0 amide bonds. The highest BCUT2D eigenvalue weighted by atomic mass is 16.5. The summed E-state index contributed by atoms with van der Waals surface area (Å²) in [5.41, 5.74) is 17.4. The second-order valence-corrected chi connectivity index (χ2v) is 3.36. The first-order valence-corrected chi connectivity index (χ1v) is 4.96. The van der Waals surface area contributed by atoms with Gasteiger partial charge in [0.2, 0.25) is 0 Å². The zero-order chi connectivity index (χ0) is 12.8. The van der Waals surface area contributed by atoms with Crippen LogP contribution in [-0.4, -0.2) is 13.1 Å². The monoisotopic (exact) mass is 231 g/mol. The molecule has 1 heterocycles. The molecular formula is C11H13N5O. The molecule has 6 heteroatoms. The second-order valence-electron chi connectivity index (χ2n) is 3.36. The Morgan fingerprint density at radius 3 is 2.47 bits per heavy atom. The van der Waals surface area contributed by atoms with Crippen molar-refractivity contribution >= 4 is 0 Å². The molecule has 0 radical (unpaired) electrons. The molecule has 1 aliphatic heterocycles. The van der Waals surface area contributed by atoms with E-state index in [9.17, 15) is 0 Å². The number of hydrogen-bond acceptors (Lipinski definition) is 6. The van der Waals surface area contributed by atoms with E-state index in [-0.39, 0.29) is 29.5 Å². The molecule has 1 rings (SSSR count). The number of rotatable bonds is 3. The lowest BCUT2D eigenvalue weighted by atomic mass is 9.94. The Balaban J connectivity index is 3.29. The van der Waals surface area contributed by atoms with Gasteiger partial charge in [-0.05, 0) is 11.6 Å². The molecule has 1 atom stereocenters. The molecule has 0 aromatic heterocycles. The third-order valence-corrected chi connectivity index (χ3v) is 2.45. The predicted octanol–water partition coefficient (Wildman–Crippen LogP) is -0.422. The fourth-order valence-electron chi connectivity index (χ4n) is 1.52. The molecule has 0 fully saturated rings. The van der Waals surface area contributed by atoms with Gasteiger partial charge in [-0.15, -0.1) is 0 Å². The Bertz CT molecular complexity index is 459. The van der Waals surface area contributed by atoms with E-state index in [1.165, 1.54) is 6.26 Å². The number of ether oxygens (including phenoxy) is 1. The zero-order valence-electron chi connectivity index (χ0n) is 9.18. The smallest absolute Gasteiger partial charge is 0.156 e. The van der Waals surface area contributed by atoms with Crippen LogP contribution in [-0.2, 0) is 4.74 Å². The molecule has 1 unspecified atom stereocenters. The standard InChI is InChI=1S/C11H13N5O/c12-3-7-1-2-17-11(9(7)6-15)10(16)8(4-13)5-14/h1-2,7H,3,6,12,15-16H2. The van der Waals surface area contributed by atoms with Gasteiger partial charge in [0.05, 0.1) is 6.26 Å². The van der Waals surface area contributed by atoms with Gasteiger partial charge in [0, 0.05) is 19.0 Å². The van der Waals surface area contributed by atoms with Crippen LogP contribution in [0, 0.1) is 28.6 Å². The molecule has 1 aliphatic rings. The van der Waals surface area contributed by atoms with Crippen LogP contribution in [0.2, 0.25) is 0 Å². The quantitative estimate of drug-likeness (QED) is 0.564. The molecule has 88 valence electrons. The van der Waals surface area contributed by atoms with Crippen molar-refractivity contribution in [3.8, 4) is 12.1 Å². The number of nitriles is 2. The van der Waals surface area contributed by atoms with Gasteiger partial charge in [0.25, 0.3) is 0 Å². The van der Waals surface area contributed by atoms with Crippen molar-refractivity contribution in [1.29, 1.82) is 10.5 Å². The van der Waals surface area contributed by atoms with E-state index in [2.05, 4.69) is 0 Å². The number of allylic oxidation sites excluding steroid dienone is 1. The number of hydrogen-bond donors (Lipinski definition) is 3. The van der Waals surface area contributed by atoms with E-state index in [0.717, 1.165) is 0 Å². The molecular weight excluding hydrogens is 218 g/mol. The molecule has 0 saturated carbocycles. The van der Waals surface area contributed by atoms with Crippen LogP contribution in [0.1, 0.15) is 0 Å². The molecule has 0 aromatic rings. The largest absolute Gasteiger partial charge is 0.463 e. The Morgan fingerprint density at radius 1 is 1.35 bits per heavy atom. The normalized spacial score (nSPS) is 18.0. The maximum absolute atomic E-state index is 8.75. The van der Waals surface area contributed by atoms with E-state index in [4.69, 9.17) is 32.5 Å². The SMILES string of the molecule is N#CC(C#N)=C(N)C1=C(CN)C(CN)C=CO1. The summed E-state index contributed by atoms with van der Waals surface area (Å²) in [4.78, 5) is 0. The van der Waals surface area contributed by atoms with Crippen LogP contribution in [0.4, 0.5) is 0 Å². The topological polar surface area (TPSA) is 135 Å². The minimum absolute atomic E-state index is 0.00162. The van der Waals surface area contributed by atoms with Gasteiger partial charge in [-0.3, -0.25) is 0 Å². The summed E-state index contributed by atoms with van der Waals surface area (Å²) in [6, 6.07) is 3.42. The molecule has 0 aromatic carbocycles. The van der Waals surface area contributed by atoms with E-state index in [1.807, 2.05) is 0 Å². The fourth-order valence-corrected chi connectivity index (χ4v) is 1.52. The van der Waals surface area contributed by atoms with Crippen molar-refractivity contribution in [2.45, 2.75) is 0 Å². The summed E-state index contributed by atoms with van der Waals surface area (Å²) < 4.78 is 5.24. The third kappa shape index (κ3) is 2.45. The van der Waals surface area contributed by atoms with Crippen LogP contribution in [0.15, 0.2) is 34.9 Å². The summed E-state index contributed by atoms with van der Waals surface area (Å²) in [5, 5.41) is 17.5. The van der Waals surface area contributed by atoms with Gasteiger partial charge in [0.1, 0.15) is 17.8 Å². The van der Waals surface area contributed by atoms with Crippen molar-refractivity contribution in [3.05, 3.63) is 34.9 Å². The molecule has 17 heavy (non-hydrogen) atoms. The lowest BCUT2D eigenvalue weighted by Gasteiger charge is -2.22. The van der Waals surface area contributed by atoms with Crippen molar-refractivity contribution in [2.24, 2.45) is 23.1 Å². The molecule has 0 saturated heterocycles. The van der Waals surface area contributed by atoms with Crippen LogP contribution in [0.5, 0.6) is 0 Å². The lowest BCUT2D eigenvalue weighted by molar-refractivity contribution is 0.332. The molecule has 6 nitrogen and oxygen atoms in total. The van der Waals surface area contributed by atoms with E-state index in [1.54, 1.807) is 18.2 Å². The van der Waals surface area contributed by atoms with Gasteiger partial charge in [-0.25, -0.2) is 0 Å². The van der Waals surface area contributed by atoms with Gasteiger partial charge in [-0.2, -0.15) is 10.5 Å². The first-order valence-electron chi connectivity index (χ1n) is 4.96. The van der Waals surface area contributed by atoms with Crippen LogP contribution >= 0.6 is 0 Å². The van der Waals surface area contributed by atoms with Crippen molar-refractivity contribution in [1.82, 2.24) is 0 Å². The Morgan fingerprint density at radius 2 is 2.00 bits per heavy atom. The first kappa shape index (κ1) is 12.8. The van der Waals surface area contributed by atoms with E-state index >= 15 is 0 Å². The molecule has 6 N–H and O–H groups in total. The Labute approximate surface area is 99.2 Å². The van der Waals surface area contributed by atoms with Gasteiger partial charge < -0.3 is 21.9 Å². The predicted molar refractivity (Wildman–Crippen MR) is 61.3 cm³/mol. The van der Waals surface area contributed by atoms with Crippen LogP contribution in [0.3, 0.4) is 0 Å². The fraction of sp³-hybridized carbons (Fsp3) is 0.273. The van der Waals surface area contributed by atoms with Crippen molar-refractivity contribution in [3.63, 3.8) is 0 Å². The van der Waals surface area contributed by atoms with E-state index in [0.29, 0.717) is 12.1 Å². The molecule has 0 bridgehead atoms. The van der Waals surface area contributed by atoms with Crippen molar-refractivity contribution in [2.75, 3.05) is 13.1 Å². The van der Waals surface area contributed by atoms with Crippen LogP contribution < -0.4 is 17.2 Å². The molecule has 0 aliphatic carbocycles. The number of nitrogens with two attached hydrogens (primary N) is 3. The Kier molecular flexibility index (Phi) is 4.29. The third-order valence-electron chi connectivity index (χ3n) is 2.45. The summed E-state index contributed by atoms with van der Waals surface area (Å²) in [6.07, 6.45) is 3.20. The highest BCUT2D eigenvalue weighted by molar-refractivity contribution is 5.48. The maximum atomic E-state index is 8.75. The summed E-state index contributed by atoms with van der Waals surface area (Å²) in [7, 11) is 0. The Hall–Kier alpha value is -2.28. The average molecular weight is 231 g/mol. The second kappa shape index (κ2) is 5.71. The minimum atomic E-state index is -0.197. The summed E-state index contributed by atoms with van der Waals surface area (Å²) in [5.74, 6) is 0.185. The van der Waals surface area contributed by atoms with Gasteiger partial charge in [0.15, 0.2) is 11.3 Å². The highest BCUT2D eigenvalue weighted by Gasteiger charge is 2.22. The highest BCUT2D eigenvalue weighted by Crippen LogP contribution is 2.26. The van der Waals surface area contributed by atoms with Gasteiger partial charge in [-0.1, -0.05) is 0 Å². The zero-order valence-corrected chi connectivity index (χ0v) is 9.18. The maximum Gasteiger partial charge on any atom is 0.156 e. The minimum Gasteiger partial charge on any atom is -0.463 e. The summed E-state index contributed by atoms with van der Waals surface area (Å²) in [6.45, 7) is 0.560. The number of nitrogens with zero attached hydrogens (tertiary/aromatic N) is 2. The first-order chi connectivity index (χ1) is 8.19. The van der Waals surface area contributed by atoms with Crippen molar-refractivity contribution < 1.29 is 4.74 Å². The van der Waals surface area contributed by atoms with Gasteiger partial charge >= 0.3 is 0 Å². The van der Waals surface area contributed by atoms with Crippen LogP contribution in [0.25, 0.3) is 0 Å². The molecule has 0 spiro atoms. The average Bonchev–Trinajstić information content (AvgIpc) is 2.38. The van der Waals surface area contributed by atoms with E-state index < -0.39 is 0 Å². The lowest BCUT2D eigenvalue weighted by Crippen LogP contribution is -2.25. The summed E-state index contributed by atoms with van der Waals surface area (Å²) >= 11 is 0.